The topological polar surface area (TPSA) is 32.3 Å². The number of benzene rings is 1. The van der Waals surface area contributed by atoms with E-state index in [0.29, 0.717) is 24.9 Å². The van der Waals surface area contributed by atoms with Gasteiger partial charge in [0.05, 0.1) is 11.7 Å². The molecule has 1 heterocycles. The summed E-state index contributed by atoms with van der Waals surface area (Å²) in [6.07, 6.45) is -3.64. The zero-order chi connectivity index (χ0) is 12.5. The zero-order valence-corrected chi connectivity index (χ0v) is 9.17. The van der Waals surface area contributed by atoms with E-state index in [9.17, 15) is 18.3 Å². The van der Waals surface area contributed by atoms with Gasteiger partial charge in [0.1, 0.15) is 0 Å². The number of hydrogen-bond donors (Lipinski definition) is 2. The first-order valence-electron chi connectivity index (χ1n) is 5.55. The normalized spacial score (nSPS) is 25.9. The van der Waals surface area contributed by atoms with E-state index >= 15 is 0 Å². The van der Waals surface area contributed by atoms with E-state index in [0.717, 1.165) is 12.1 Å². The summed E-state index contributed by atoms with van der Waals surface area (Å²) in [7, 11) is 0. The molecule has 2 nitrogen and oxygen atoms in total. The van der Waals surface area contributed by atoms with Crippen molar-refractivity contribution < 1.29 is 18.3 Å². The van der Waals surface area contributed by atoms with Crippen molar-refractivity contribution in [3.63, 3.8) is 0 Å². The maximum Gasteiger partial charge on any atom is 0.416 e. The lowest BCUT2D eigenvalue weighted by molar-refractivity contribution is -0.137. The molecule has 0 amide bonds. The second-order valence-corrected chi connectivity index (χ2v) is 4.31. The molecule has 0 spiro atoms. The quantitative estimate of drug-likeness (QED) is 0.796. The van der Waals surface area contributed by atoms with Crippen LogP contribution < -0.4 is 5.32 Å². The first-order valence-corrected chi connectivity index (χ1v) is 5.55. The molecule has 1 aromatic rings. The minimum Gasteiger partial charge on any atom is -0.393 e. The monoisotopic (exact) mass is 245 g/mol. The third-order valence-electron chi connectivity index (χ3n) is 2.99. The summed E-state index contributed by atoms with van der Waals surface area (Å²) in [6.45, 7) is 0.627. The Morgan fingerprint density at radius 1 is 1.29 bits per heavy atom. The average Bonchev–Trinajstić information content (AvgIpc) is 2.28. The Bertz CT molecular complexity index is 392. The molecule has 2 atom stereocenters. The first kappa shape index (κ1) is 12.4. The van der Waals surface area contributed by atoms with Gasteiger partial charge in [-0.15, -0.1) is 0 Å². The van der Waals surface area contributed by atoms with Gasteiger partial charge in [0.15, 0.2) is 0 Å². The van der Waals surface area contributed by atoms with Crippen LogP contribution in [0, 0.1) is 0 Å². The molecule has 1 saturated heterocycles. The molecule has 1 aliphatic rings. The molecule has 0 aliphatic carbocycles. The van der Waals surface area contributed by atoms with Crippen molar-refractivity contribution in [3.05, 3.63) is 35.4 Å². The molecule has 2 unspecified atom stereocenters. The minimum atomic E-state index is -4.32. The minimum absolute atomic E-state index is 0.193. The van der Waals surface area contributed by atoms with Crippen LogP contribution in [0.25, 0.3) is 0 Å². The number of aliphatic hydroxyl groups excluding tert-OH is 1. The maximum atomic E-state index is 12.5. The highest BCUT2D eigenvalue weighted by Crippen LogP contribution is 2.32. The van der Waals surface area contributed by atoms with E-state index in [1.165, 1.54) is 6.07 Å². The Hall–Kier alpha value is -1.07. The summed E-state index contributed by atoms with van der Waals surface area (Å²) in [4.78, 5) is 0. The molecule has 2 rings (SSSR count). The lowest BCUT2D eigenvalue weighted by atomic mass is 9.94. The van der Waals surface area contributed by atoms with Crippen LogP contribution in [-0.4, -0.2) is 17.8 Å². The van der Waals surface area contributed by atoms with Gasteiger partial charge in [-0.25, -0.2) is 0 Å². The van der Waals surface area contributed by atoms with Gasteiger partial charge in [-0.3, -0.25) is 0 Å². The van der Waals surface area contributed by atoms with Gasteiger partial charge in [-0.05, 0) is 37.1 Å². The maximum absolute atomic E-state index is 12.5. The fourth-order valence-corrected chi connectivity index (χ4v) is 2.08. The largest absolute Gasteiger partial charge is 0.416 e. The highest BCUT2D eigenvalue weighted by Gasteiger charge is 2.31. The molecule has 17 heavy (non-hydrogen) atoms. The van der Waals surface area contributed by atoms with Crippen LogP contribution in [0.1, 0.15) is 30.0 Å². The second-order valence-electron chi connectivity index (χ2n) is 4.31. The summed E-state index contributed by atoms with van der Waals surface area (Å²) in [5.41, 5.74) is -0.0598. The number of rotatable bonds is 1. The molecule has 0 saturated carbocycles. The summed E-state index contributed by atoms with van der Waals surface area (Å²) in [6, 6.07) is 5.07. The molecule has 2 N–H and O–H groups in total. The molecular formula is C12H14F3NO. The number of hydrogen-bond acceptors (Lipinski definition) is 2. The number of alkyl halides is 3. The third-order valence-corrected chi connectivity index (χ3v) is 2.99. The van der Waals surface area contributed by atoms with Crippen LogP contribution in [0.4, 0.5) is 13.2 Å². The zero-order valence-electron chi connectivity index (χ0n) is 9.17. The molecule has 1 fully saturated rings. The predicted octanol–water partition coefficient (Wildman–Crippen LogP) is 2.49. The molecule has 1 aliphatic heterocycles. The molecular weight excluding hydrogens is 231 g/mol. The van der Waals surface area contributed by atoms with E-state index < -0.39 is 17.8 Å². The van der Waals surface area contributed by atoms with Crippen LogP contribution in [-0.2, 0) is 6.18 Å². The van der Waals surface area contributed by atoms with E-state index in [4.69, 9.17) is 0 Å². The van der Waals surface area contributed by atoms with E-state index in [-0.39, 0.29) is 6.04 Å². The van der Waals surface area contributed by atoms with Crippen LogP contribution >= 0.6 is 0 Å². The van der Waals surface area contributed by atoms with E-state index in [1.807, 2.05) is 0 Å². The van der Waals surface area contributed by atoms with Crippen molar-refractivity contribution >= 4 is 0 Å². The van der Waals surface area contributed by atoms with Crippen molar-refractivity contribution in [3.8, 4) is 0 Å². The fraction of sp³-hybridized carbons (Fsp3) is 0.500. The van der Waals surface area contributed by atoms with Gasteiger partial charge in [0.2, 0.25) is 0 Å². The Kier molecular flexibility index (Phi) is 3.40. The lowest BCUT2D eigenvalue weighted by Crippen LogP contribution is -2.34. The Balaban J connectivity index is 2.21. The summed E-state index contributed by atoms with van der Waals surface area (Å²) in [5, 5.41) is 12.6. The second kappa shape index (κ2) is 4.66. The van der Waals surface area contributed by atoms with Crippen LogP contribution in [0.2, 0.25) is 0 Å². The SMILES string of the molecule is OC1CCNC(c2cccc(C(F)(F)F)c2)C1. The number of aliphatic hydroxyl groups is 1. The van der Waals surface area contributed by atoms with Gasteiger partial charge in [-0.2, -0.15) is 13.2 Å². The van der Waals surface area contributed by atoms with E-state index in [2.05, 4.69) is 5.32 Å². The Morgan fingerprint density at radius 3 is 2.71 bits per heavy atom. The van der Waals surface area contributed by atoms with Crippen molar-refractivity contribution in [1.29, 1.82) is 0 Å². The Labute approximate surface area is 97.5 Å². The van der Waals surface area contributed by atoms with Crippen molar-refractivity contribution in [1.82, 2.24) is 5.32 Å². The predicted molar refractivity (Wildman–Crippen MR) is 57.4 cm³/mol. The van der Waals surface area contributed by atoms with Crippen molar-refractivity contribution in [2.45, 2.75) is 31.2 Å². The smallest absolute Gasteiger partial charge is 0.393 e. The van der Waals surface area contributed by atoms with Crippen LogP contribution in [0.5, 0.6) is 0 Å². The number of nitrogens with one attached hydrogen (secondary N) is 1. The summed E-state index contributed by atoms with van der Waals surface area (Å²) >= 11 is 0. The van der Waals surface area contributed by atoms with Gasteiger partial charge in [0.25, 0.3) is 0 Å². The fourth-order valence-electron chi connectivity index (χ4n) is 2.08. The molecule has 0 radical (unpaired) electrons. The van der Waals surface area contributed by atoms with Crippen molar-refractivity contribution in [2.75, 3.05) is 6.54 Å². The standard InChI is InChI=1S/C12H14F3NO/c13-12(14,15)9-3-1-2-8(6-9)11-7-10(17)4-5-16-11/h1-3,6,10-11,16-17H,4-5,7H2. The summed E-state index contributed by atoms with van der Waals surface area (Å²) in [5.74, 6) is 0. The molecule has 5 heteroatoms. The number of piperidine rings is 1. The van der Waals surface area contributed by atoms with Gasteiger partial charge >= 0.3 is 6.18 Å². The van der Waals surface area contributed by atoms with Crippen molar-refractivity contribution in [2.24, 2.45) is 0 Å². The average molecular weight is 245 g/mol. The van der Waals surface area contributed by atoms with Gasteiger partial charge in [0, 0.05) is 6.04 Å². The van der Waals surface area contributed by atoms with Crippen LogP contribution in [0.15, 0.2) is 24.3 Å². The molecule has 94 valence electrons. The lowest BCUT2D eigenvalue weighted by Gasteiger charge is -2.28. The van der Waals surface area contributed by atoms with Crippen LogP contribution in [0.3, 0.4) is 0 Å². The van der Waals surface area contributed by atoms with E-state index in [1.54, 1.807) is 6.07 Å². The van der Waals surface area contributed by atoms with Gasteiger partial charge < -0.3 is 10.4 Å². The molecule has 0 aromatic heterocycles. The third kappa shape index (κ3) is 2.98. The highest BCUT2D eigenvalue weighted by atomic mass is 19.4. The number of halogens is 3. The first-order chi connectivity index (χ1) is 7.97. The molecule has 1 aromatic carbocycles. The Morgan fingerprint density at radius 2 is 2.06 bits per heavy atom. The highest BCUT2D eigenvalue weighted by molar-refractivity contribution is 5.28. The van der Waals surface area contributed by atoms with Gasteiger partial charge in [-0.1, -0.05) is 12.1 Å². The molecule has 0 bridgehead atoms. The summed E-state index contributed by atoms with van der Waals surface area (Å²) < 4.78 is 37.6.